The smallest absolute Gasteiger partial charge is 0.118 e. The van der Waals surface area contributed by atoms with Gasteiger partial charge < -0.3 is 9.30 Å². The van der Waals surface area contributed by atoms with Crippen molar-refractivity contribution >= 4 is 12.3 Å². The molecule has 2 rings (SSSR count). The summed E-state index contributed by atoms with van der Waals surface area (Å²) in [5.74, 6) is 0.883. The molecule has 1 aromatic heterocycles. The van der Waals surface area contributed by atoms with Gasteiger partial charge in [-0.15, -0.1) is 0 Å². The van der Waals surface area contributed by atoms with Gasteiger partial charge in [0, 0.05) is 18.6 Å². The largest absolute Gasteiger partial charge is 0.497 e. The fraction of sp³-hybridized carbons (Fsp3) is 0.0769. The van der Waals surface area contributed by atoms with Gasteiger partial charge in [-0.3, -0.25) is 0 Å². The number of ether oxygens (including phenoxy) is 1. The van der Waals surface area contributed by atoms with E-state index < -0.39 is 0 Å². The third-order valence-corrected chi connectivity index (χ3v) is 2.18. The van der Waals surface area contributed by atoms with Crippen LogP contribution in [0.5, 0.6) is 5.75 Å². The van der Waals surface area contributed by atoms with Crippen LogP contribution in [0.25, 0.3) is 12.3 Å². The second kappa shape index (κ2) is 4.51. The maximum absolute atomic E-state index is 5.09. The highest BCUT2D eigenvalue weighted by molar-refractivity contribution is 5.61. The van der Waals surface area contributed by atoms with Gasteiger partial charge in [0.15, 0.2) is 0 Å². The van der Waals surface area contributed by atoms with Crippen molar-refractivity contribution in [1.29, 1.82) is 0 Å². The molecule has 0 atom stereocenters. The van der Waals surface area contributed by atoms with E-state index >= 15 is 0 Å². The molecular formula is C13H13NO. The molecule has 0 saturated carbocycles. The second-order valence-corrected chi connectivity index (χ2v) is 3.22. The molecule has 0 aliphatic heterocycles. The number of methoxy groups -OCH3 is 1. The molecule has 0 spiro atoms. The van der Waals surface area contributed by atoms with E-state index in [0.717, 1.165) is 11.3 Å². The van der Waals surface area contributed by atoms with E-state index in [1.807, 2.05) is 59.6 Å². The second-order valence-electron chi connectivity index (χ2n) is 3.22. The number of hydrogen-bond donors (Lipinski definition) is 0. The lowest BCUT2D eigenvalue weighted by molar-refractivity contribution is 0.415. The lowest BCUT2D eigenvalue weighted by atomic mass is 10.2. The maximum Gasteiger partial charge on any atom is 0.118 e. The Morgan fingerprint density at radius 2 is 1.73 bits per heavy atom. The summed E-state index contributed by atoms with van der Waals surface area (Å²) in [5.41, 5.74) is 1.16. The van der Waals surface area contributed by atoms with Crippen molar-refractivity contribution in [2.75, 3.05) is 7.11 Å². The highest BCUT2D eigenvalue weighted by Gasteiger charge is 1.89. The summed E-state index contributed by atoms with van der Waals surface area (Å²) < 4.78 is 7.09. The zero-order valence-electron chi connectivity index (χ0n) is 8.63. The molecule has 1 aromatic carbocycles. The third-order valence-electron chi connectivity index (χ3n) is 2.18. The highest BCUT2D eigenvalue weighted by Crippen LogP contribution is 2.12. The fourth-order valence-corrected chi connectivity index (χ4v) is 1.33. The van der Waals surface area contributed by atoms with E-state index in [-0.39, 0.29) is 0 Å². The Bertz CT molecular complexity index is 426. The Morgan fingerprint density at radius 1 is 1.07 bits per heavy atom. The van der Waals surface area contributed by atoms with Crippen molar-refractivity contribution in [1.82, 2.24) is 4.57 Å². The molecule has 0 saturated heterocycles. The summed E-state index contributed by atoms with van der Waals surface area (Å²) in [5, 5.41) is 0. The van der Waals surface area contributed by atoms with Crippen molar-refractivity contribution in [2.24, 2.45) is 0 Å². The number of benzene rings is 1. The summed E-state index contributed by atoms with van der Waals surface area (Å²) in [6.07, 6.45) is 8.07. The molecule has 0 unspecified atom stereocenters. The van der Waals surface area contributed by atoms with Gasteiger partial charge in [0.05, 0.1) is 7.11 Å². The Labute approximate surface area is 89.4 Å². The monoisotopic (exact) mass is 199 g/mol. The Morgan fingerprint density at radius 3 is 2.33 bits per heavy atom. The van der Waals surface area contributed by atoms with Gasteiger partial charge in [-0.1, -0.05) is 12.1 Å². The highest BCUT2D eigenvalue weighted by atomic mass is 16.5. The Balaban J connectivity index is 2.11. The van der Waals surface area contributed by atoms with Gasteiger partial charge in [0.2, 0.25) is 0 Å². The molecule has 0 fully saturated rings. The van der Waals surface area contributed by atoms with Crippen molar-refractivity contribution < 1.29 is 4.74 Å². The minimum atomic E-state index is 0.883. The number of nitrogens with zero attached hydrogens (tertiary/aromatic N) is 1. The zero-order valence-corrected chi connectivity index (χ0v) is 8.63. The van der Waals surface area contributed by atoms with Crippen molar-refractivity contribution in [3.8, 4) is 5.75 Å². The molecule has 76 valence electrons. The molecule has 15 heavy (non-hydrogen) atoms. The molecule has 1 heterocycles. The topological polar surface area (TPSA) is 14.2 Å². The van der Waals surface area contributed by atoms with Crippen LogP contribution in [0, 0.1) is 0 Å². The number of rotatable bonds is 3. The van der Waals surface area contributed by atoms with Gasteiger partial charge in [0.25, 0.3) is 0 Å². The molecule has 0 aliphatic carbocycles. The van der Waals surface area contributed by atoms with Crippen LogP contribution < -0.4 is 4.74 Å². The molecule has 0 aliphatic rings. The fourth-order valence-electron chi connectivity index (χ4n) is 1.33. The van der Waals surface area contributed by atoms with Gasteiger partial charge >= 0.3 is 0 Å². The van der Waals surface area contributed by atoms with Gasteiger partial charge in [-0.2, -0.15) is 0 Å². The maximum atomic E-state index is 5.09. The van der Waals surface area contributed by atoms with Crippen molar-refractivity contribution in [2.45, 2.75) is 0 Å². The Hall–Kier alpha value is -1.96. The van der Waals surface area contributed by atoms with Crippen LogP contribution in [0.2, 0.25) is 0 Å². The standard InChI is InChI=1S/C13H13NO/c1-15-13-6-4-12(5-7-13)8-11-14-9-2-3-10-14/h2-11H,1H3/b11-8-. The van der Waals surface area contributed by atoms with E-state index in [1.165, 1.54) is 0 Å². The average Bonchev–Trinajstić information content (AvgIpc) is 2.80. The first kappa shape index (κ1) is 9.59. The van der Waals surface area contributed by atoms with Crippen LogP contribution >= 0.6 is 0 Å². The van der Waals surface area contributed by atoms with E-state index in [2.05, 4.69) is 6.08 Å². The lowest BCUT2D eigenvalue weighted by Crippen LogP contribution is -1.82. The normalized spacial score (nSPS) is 10.7. The zero-order chi connectivity index (χ0) is 10.5. The van der Waals surface area contributed by atoms with E-state index in [0.29, 0.717) is 0 Å². The van der Waals surface area contributed by atoms with Gasteiger partial charge in [-0.25, -0.2) is 0 Å². The van der Waals surface area contributed by atoms with Crippen LogP contribution in [0.1, 0.15) is 5.56 Å². The first-order chi connectivity index (χ1) is 7.38. The number of aromatic nitrogens is 1. The van der Waals surface area contributed by atoms with Gasteiger partial charge in [0.1, 0.15) is 5.75 Å². The predicted molar refractivity (Wildman–Crippen MR) is 62.7 cm³/mol. The van der Waals surface area contributed by atoms with E-state index in [4.69, 9.17) is 4.74 Å². The van der Waals surface area contributed by atoms with Crippen LogP contribution in [-0.4, -0.2) is 11.7 Å². The molecule has 0 amide bonds. The minimum Gasteiger partial charge on any atom is -0.497 e. The molecule has 0 bridgehead atoms. The molecule has 0 N–H and O–H groups in total. The Kier molecular flexibility index (Phi) is 2.88. The number of hydrogen-bond acceptors (Lipinski definition) is 1. The summed E-state index contributed by atoms with van der Waals surface area (Å²) in [6, 6.07) is 12.0. The minimum absolute atomic E-state index is 0.883. The van der Waals surface area contributed by atoms with Crippen LogP contribution in [0.4, 0.5) is 0 Å². The van der Waals surface area contributed by atoms with E-state index in [1.54, 1.807) is 7.11 Å². The molecule has 2 nitrogen and oxygen atoms in total. The molecular weight excluding hydrogens is 186 g/mol. The van der Waals surface area contributed by atoms with Crippen molar-refractivity contribution in [3.05, 3.63) is 54.4 Å². The average molecular weight is 199 g/mol. The summed E-state index contributed by atoms with van der Waals surface area (Å²) in [6.45, 7) is 0. The molecule has 2 aromatic rings. The third kappa shape index (κ3) is 2.50. The van der Waals surface area contributed by atoms with E-state index in [9.17, 15) is 0 Å². The quantitative estimate of drug-likeness (QED) is 0.740. The van der Waals surface area contributed by atoms with Crippen LogP contribution in [0.15, 0.2) is 48.8 Å². The van der Waals surface area contributed by atoms with Gasteiger partial charge in [-0.05, 0) is 35.9 Å². The summed E-state index contributed by atoms with van der Waals surface area (Å²) in [4.78, 5) is 0. The van der Waals surface area contributed by atoms with Crippen molar-refractivity contribution in [3.63, 3.8) is 0 Å². The lowest BCUT2D eigenvalue weighted by Gasteiger charge is -1.99. The predicted octanol–water partition coefficient (Wildman–Crippen LogP) is 3.12. The summed E-state index contributed by atoms with van der Waals surface area (Å²) in [7, 11) is 1.67. The first-order valence-electron chi connectivity index (χ1n) is 4.83. The summed E-state index contributed by atoms with van der Waals surface area (Å²) >= 11 is 0. The first-order valence-corrected chi connectivity index (χ1v) is 4.83. The van der Waals surface area contributed by atoms with Crippen LogP contribution in [0.3, 0.4) is 0 Å². The SMILES string of the molecule is COc1ccc(/C=C\n2cccc2)cc1. The molecule has 0 radical (unpaired) electrons. The molecule has 2 heteroatoms. The van der Waals surface area contributed by atoms with Crippen LogP contribution in [-0.2, 0) is 0 Å².